The maximum Gasteiger partial charge on any atom is 0.251 e. The van der Waals surface area contributed by atoms with Gasteiger partial charge in [0, 0.05) is 50.9 Å². The molecule has 0 bridgehead atoms. The molecule has 4 aromatic carbocycles. The van der Waals surface area contributed by atoms with E-state index < -0.39 is 0 Å². The van der Waals surface area contributed by atoms with Gasteiger partial charge in [0.05, 0.1) is 11.6 Å². The van der Waals surface area contributed by atoms with Gasteiger partial charge in [-0.15, -0.1) is 0 Å². The van der Waals surface area contributed by atoms with Gasteiger partial charge in [0.15, 0.2) is 0 Å². The highest BCUT2D eigenvalue weighted by atomic mass is 16.5. The van der Waals surface area contributed by atoms with Gasteiger partial charge >= 0.3 is 0 Å². The summed E-state index contributed by atoms with van der Waals surface area (Å²) in [6.07, 6.45) is 4.11. The third kappa shape index (κ3) is 7.17. The molecule has 6 rings (SSSR count). The van der Waals surface area contributed by atoms with Crippen LogP contribution in [0.1, 0.15) is 52.7 Å². The second-order valence-corrected chi connectivity index (χ2v) is 11.6. The number of hydrogen-bond acceptors (Lipinski definition) is 5. The number of fused-ring (bicyclic) bond motifs is 1. The first kappa shape index (κ1) is 28.0. The SMILES string of the molecule is N#Cc1ccc(CN2CCC(Oc3ccc4cc(C(=O)NC5CCN(Cc6ccccc6)CC5)ccc4c3)CC2)cc1. The van der Waals surface area contributed by atoms with Gasteiger partial charge in [-0.3, -0.25) is 14.6 Å². The molecule has 2 heterocycles. The zero-order valence-electron chi connectivity index (χ0n) is 24.0. The lowest BCUT2D eigenvalue weighted by molar-refractivity contribution is 0.0909. The summed E-state index contributed by atoms with van der Waals surface area (Å²) in [6.45, 7) is 5.84. The molecule has 0 spiro atoms. The number of nitrogens with zero attached hydrogens (tertiary/aromatic N) is 3. The van der Waals surface area contributed by atoms with E-state index in [1.54, 1.807) is 0 Å². The first-order valence-corrected chi connectivity index (χ1v) is 15.1. The summed E-state index contributed by atoms with van der Waals surface area (Å²) in [5, 5.41) is 14.4. The maximum absolute atomic E-state index is 13.1. The molecule has 0 atom stereocenters. The van der Waals surface area contributed by atoms with Gasteiger partial charge in [0.25, 0.3) is 5.91 Å². The maximum atomic E-state index is 13.1. The van der Waals surface area contributed by atoms with Crippen LogP contribution in [-0.4, -0.2) is 54.0 Å². The van der Waals surface area contributed by atoms with Crippen molar-refractivity contribution in [3.63, 3.8) is 0 Å². The summed E-state index contributed by atoms with van der Waals surface area (Å²) in [5.74, 6) is 0.888. The van der Waals surface area contributed by atoms with E-state index in [1.807, 2.05) is 48.5 Å². The number of nitrogens with one attached hydrogen (secondary N) is 1. The number of nitriles is 1. The molecule has 2 saturated heterocycles. The molecule has 6 heteroatoms. The lowest BCUT2D eigenvalue weighted by Gasteiger charge is -2.32. The van der Waals surface area contributed by atoms with Crippen LogP contribution in [0.5, 0.6) is 5.75 Å². The minimum Gasteiger partial charge on any atom is -0.490 e. The van der Waals surface area contributed by atoms with Crippen molar-refractivity contribution in [1.82, 2.24) is 15.1 Å². The minimum atomic E-state index is 0.00602. The van der Waals surface area contributed by atoms with Gasteiger partial charge < -0.3 is 10.1 Å². The van der Waals surface area contributed by atoms with Crippen LogP contribution in [0.2, 0.25) is 0 Å². The van der Waals surface area contributed by atoms with Gasteiger partial charge in [-0.25, -0.2) is 0 Å². The molecule has 2 aliphatic heterocycles. The van der Waals surface area contributed by atoms with Crippen LogP contribution < -0.4 is 10.1 Å². The van der Waals surface area contributed by atoms with Gasteiger partial charge in [0.2, 0.25) is 0 Å². The Balaban J connectivity index is 0.972. The smallest absolute Gasteiger partial charge is 0.251 e. The van der Waals surface area contributed by atoms with Crippen molar-refractivity contribution in [1.29, 1.82) is 5.26 Å². The lowest BCUT2D eigenvalue weighted by Crippen LogP contribution is -2.44. The first-order chi connectivity index (χ1) is 20.6. The molecule has 2 aliphatic rings. The summed E-state index contributed by atoms with van der Waals surface area (Å²) in [7, 11) is 0. The van der Waals surface area contributed by atoms with Gasteiger partial charge in [-0.2, -0.15) is 5.26 Å². The number of hydrogen-bond donors (Lipinski definition) is 1. The fourth-order valence-electron chi connectivity index (χ4n) is 6.10. The number of carbonyl (C=O) groups excluding carboxylic acids is 1. The number of rotatable bonds is 8. The molecule has 0 aliphatic carbocycles. The van der Waals surface area contributed by atoms with E-state index in [1.165, 1.54) is 11.1 Å². The number of piperidine rings is 2. The Morgan fingerprint density at radius 1 is 0.762 bits per heavy atom. The Labute approximate surface area is 248 Å². The van der Waals surface area contributed by atoms with Gasteiger partial charge in [-0.05, 0) is 84.0 Å². The van der Waals surface area contributed by atoms with Crippen molar-refractivity contribution in [2.75, 3.05) is 26.2 Å². The number of benzene rings is 4. The standard InChI is InChI=1S/C36H38N4O2/c37-24-27-6-8-29(9-7-27)26-40-20-16-34(17-21-40)42-35-13-12-30-22-32(11-10-31(30)23-35)36(41)38-33-14-18-39(19-15-33)25-28-4-2-1-3-5-28/h1-13,22-23,33-34H,14-21,25-26H2,(H,38,41). The molecule has 0 radical (unpaired) electrons. The van der Waals surface area contributed by atoms with Crippen molar-refractivity contribution in [2.45, 2.75) is 50.9 Å². The van der Waals surface area contributed by atoms with Crippen LogP contribution in [0, 0.1) is 11.3 Å². The molecule has 1 amide bonds. The number of amides is 1. The second-order valence-electron chi connectivity index (χ2n) is 11.6. The Hall–Kier alpha value is -4.18. The number of likely N-dealkylation sites (tertiary alicyclic amines) is 2. The van der Waals surface area contributed by atoms with Crippen molar-refractivity contribution in [2.24, 2.45) is 0 Å². The highest BCUT2D eigenvalue weighted by molar-refractivity contribution is 5.99. The van der Waals surface area contributed by atoms with E-state index >= 15 is 0 Å². The number of carbonyl (C=O) groups is 1. The molecular weight excluding hydrogens is 520 g/mol. The zero-order chi connectivity index (χ0) is 28.7. The minimum absolute atomic E-state index is 0.00602. The molecule has 1 N–H and O–H groups in total. The molecule has 0 aromatic heterocycles. The Morgan fingerprint density at radius 2 is 1.38 bits per heavy atom. The lowest BCUT2D eigenvalue weighted by atomic mass is 10.0. The van der Waals surface area contributed by atoms with Crippen molar-refractivity contribution < 1.29 is 9.53 Å². The van der Waals surface area contributed by atoms with E-state index in [-0.39, 0.29) is 18.1 Å². The highest BCUT2D eigenvalue weighted by Crippen LogP contribution is 2.26. The largest absolute Gasteiger partial charge is 0.490 e. The molecule has 2 fully saturated rings. The monoisotopic (exact) mass is 558 g/mol. The molecule has 0 saturated carbocycles. The van der Waals surface area contributed by atoms with E-state index in [4.69, 9.17) is 10.00 Å². The summed E-state index contributed by atoms with van der Waals surface area (Å²) in [4.78, 5) is 18.0. The van der Waals surface area contributed by atoms with Crippen LogP contribution >= 0.6 is 0 Å². The molecule has 4 aromatic rings. The van der Waals surface area contributed by atoms with Crippen LogP contribution in [0.15, 0.2) is 91.0 Å². The predicted octanol–water partition coefficient (Wildman–Crippen LogP) is 6.15. The summed E-state index contributed by atoms with van der Waals surface area (Å²) in [5.41, 5.74) is 3.98. The Kier molecular flexibility index (Phi) is 8.79. The van der Waals surface area contributed by atoms with E-state index in [0.29, 0.717) is 11.1 Å². The molecule has 0 unspecified atom stereocenters. The van der Waals surface area contributed by atoms with Crippen LogP contribution in [0.25, 0.3) is 10.8 Å². The second kappa shape index (κ2) is 13.2. The number of ether oxygens (including phenoxy) is 1. The van der Waals surface area contributed by atoms with Crippen LogP contribution in [0.3, 0.4) is 0 Å². The van der Waals surface area contributed by atoms with Crippen molar-refractivity contribution in [3.05, 3.63) is 113 Å². The topological polar surface area (TPSA) is 68.6 Å². The third-order valence-electron chi connectivity index (χ3n) is 8.57. The van der Waals surface area contributed by atoms with Gasteiger partial charge in [0.1, 0.15) is 11.9 Å². The Bertz CT molecular complexity index is 1530. The quantitative estimate of drug-likeness (QED) is 0.281. The fourth-order valence-corrected chi connectivity index (χ4v) is 6.10. The molecule has 42 heavy (non-hydrogen) atoms. The summed E-state index contributed by atoms with van der Waals surface area (Å²) in [6, 6.07) is 32.9. The normalized spacial score (nSPS) is 17.1. The van der Waals surface area contributed by atoms with Gasteiger partial charge in [-0.1, -0.05) is 54.6 Å². The third-order valence-corrected chi connectivity index (χ3v) is 8.57. The average Bonchev–Trinajstić information content (AvgIpc) is 3.03. The Morgan fingerprint density at radius 3 is 2.07 bits per heavy atom. The van der Waals surface area contributed by atoms with E-state index in [2.05, 4.69) is 63.7 Å². The summed E-state index contributed by atoms with van der Waals surface area (Å²) >= 11 is 0. The predicted molar refractivity (Wildman–Crippen MR) is 166 cm³/mol. The first-order valence-electron chi connectivity index (χ1n) is 15.1. The van der Waals surface area contributed by atoms with Crippen molar-refractivity contribution >= 4 is 16.7 Å². The van der Waals surface area contributed by atoms with E-state index in [0.717, 1.165) is 81.5 Å². The van der Waals surface area contributed by atoms with E-state index in [9.17, 15) is 4.79 Å². The van der Waals surface area contributed by atoms with Crippen LogP contribution in [-0.2, 0) is 13.1 Å². The average molecular weight is 559 g/mol. The van der Waals surface area contributed by atoms with Crippen LogP contribution in [0.4, 0.5) is 0 Å². The summed E-state index contributed by atoms with van der Waals surface area (Å²) < 4.78 is 6.37. The zero-order valence-corrected chi connectivity index (χ0v) is 24.0. The highest BCUT2D eigenvalue weighted by Gasteiger charge is 2.22. The van der Waals surface area contributed by atoms with Crippen molar-refractivity contribution in [3.8, 4) is 11.8 Å². The fraction of sp³-hybridized carbons (Fsp3) is 0.333. The molecule has 214 valence electrons. The molecular formula is C36H38N4O2. The molecule has 6 nitrogen and oxygen atoms in total.